The number of carboxylic acid groups (broad SMARTS) is 1. The van der Waals surface area contributed by atoms with Crippen LogP contribution in [0.4, 0.5) is 0 Å². The number of carboxylic acids is 1. The molecule has 0 aliphatic heterocycles. The Hall–Kier alpha value is -0.960. The van der Waals surface area contributed by atoms with Gasteiger partial charge in [0.05, 0.1) is 5.56 Å². The first-order valence-corrected chi connectivity index (χ1v) is 6.08. The van der Waals surface area contributed by atoms with Gasteiger partial charge in [0.2, 0.25) is 0 Å². The van der Waals surface area contributed by atoms with Crippen molar-refractivity contribution in [1.29, 1.82) is 0 Å². The van der Waals surface area contributed by atoms with Crippen LogP contribution in [0.25, 0.3) is 0 Å². The van der Waals surface area contributed by atoms with E-state index in [2.05, 4.69) is 13.8 Å². The zero-order valence-electron chi connectivity index (χ0n) is 9.06. The molecule has 0 radical (unpaired) electrons. The molecular weight excluding hydrogens is 208 g/mol. The van der Waals surface area contributed by atoms with Crippen molar-refractivity contribution in [2.75, 3.05) is 5.75 Å². The van der Waals surface area contributed by atoms with Gasteiger partial charge in [0.25, 0.3) is 0 Å². The third-order valence-electron chi connectivity index (χ3n) is 2.34. The van der Waals surface area contributed by atoms with Crippen LogP contribution in [0, 0.1) is 5.92 Å². The minimum absolute atomic E-state index is 0.408. The highest BCUT2D eigenvalue weighted by Crippen LogP contribution is 2.25. The van der Waals surface area contributed by atoms with Crippen LogP contribution in [0.1, 0.15) is 30.6 Å². The highest BCUT2D eigenvalue weighted by Gasteiger charge is 2.10. The van der Waals surface area contributed by atoms with E-state index in [0.29, 0.717) is 11.5 Å². The summed E-state index contributed by atoms with van der Waals surface area (Å²) in [4.78, 5) is 11.8. The SMILES string of the molecule is CCC(C)CSc1ccccc1C(=O)O. The lowest BCUT2D eigenvalue weighted by atomic mass is 10.2. The summed E-state index contributed by atoms with van der Waals surface area (Å²) in [5, 5.41) is 8.97. The Bertz CT molecular complexity index is 336. The number of rotatable bonds is 5. The summed E-state index contributed by atoms with van der Waals surface area (Å²) in [7, 11) is 0. The summed E-state index contributed by atoms with van der Waals surface area (Å²) in [6.45, 7) is 4.32. The lowest BCUT2D eigenvalue weighted by molar-refractivity contribution is 0.0693. The summed E-state index contributed by atoms with van der Waals surface area (Å²) < 4.78 is 0. The van der Waals surface area contributed by atoms with E-state index in [0.717, 1.165) is 17.1 Å². The fraction of sp³-hybridized carbons (Fsp3) is 0.417. The summed E-state index contributed by atoms with van der Waals surface area (Å²) in [5.41, 5.74) is 0.408. The van der Waals surface area contributed by atoms with Crippen molar-refractivity contribution < 1.29 is 9.90 Å². The van der Waals surface area contributed by atoms with Crippen LogP contribution in [0.3, 0.4) is 0 Å². The quantitative estimate of drug-likeness (QED) is 0.777. The number of benzene rings is 1. The summed E-state index contributed by atoms with van der Waals surface area (Å²) >= 11 is 1.63. The number of thioether (sulfide) groups is 1. The molecule has 1 atom stereocenters. The molecule has 0 amide bonds. The third kappa shape index (κ3) is 3.59. The van der Waals surface area contributed by atoms with E-state index < -0.39 is 5.97 Å². The molecule has 0 heterocycles. The molecule has 0 bridgehead atoms. The molecule has 1 N–H and O–H groups in total. The summed E-state index contributed by atoms with van der Waals surface area (Å²) in [5.74, 6) is 0.750. The average molecular weight is 224 g/mol. The standard InChI is InChI=1S/C12H16O2S/c1-3-9(2)8-15-11-7-5-4-6-10(11)12(13)14/h4-7,9H,3,8H2,1-2H3,(H,13,14). The molecule has 0 spiro atoms. The van der Waals surface area contributed by atoms with Gasteiger partial charge in [0.1, 0.15) is 0 Å². The Balaban J connectivity index is 2.72. The van der Waals surface area contributed by atoms with E-state index in [9.17, 15) is 4.79 Å². The van der Waals surface area contributed by atoms with Gasteiger partial charge in [-0.25, -0.2) is 4.79 Å². The van der Waals surface area contributed by atoms with Crippen LogP contribution in [0.15, 0.2) is 29.2 Å². The van der Waals surface area contributed by atoms with E-state index in [-0.39, 0.29) is 0 Å². The predicted molar refractivity (Wildman–Crippen MR) is 63.6 cm³/mol. The molecule has 0 fully saturated rings. The molecule has 1 aromatic rings. The van der Waals surface area contributed by atoms with Crippen molar-refractivity contribution in [3.8, 4) is 0 Å². The first kappa shape index (κ1) is 12.1. The highest BCUT2D eigenvalue weighted by atomic mass is 32.2. The Labute approximate surface area is 94.7 Å². The normalized spacial score (nSPS) is 12.4. The van der Waals surface area contributed by atoms with E-state index in [1.807, 2.05) is 12.1 Å². The van der Waals surface area contributed by atoms with Crippen molar-refractivity contribution in [3.63, 3.8) is 0 Å². The largest absolute Gasteiger partial charge is 0.478 e. The van der Waals surface area contributed by atoms with Crippen LogP contribution in [-0.2, 0) is 0 Å². The smallest absolute Gasteiger partial charge is 0.336 e. The molecule has 82 valence electrons. The maximum Gasteiger partial charge on any atom is 0.336 e. The summed E-state index contributed by atoms with van der Waals surface area (Å²) in [6.07, 6.45) is 1.13. The molecule has 1 rings (SSSR count). The number of carbonyl (C=O) groups is 1. The zero-order chi connectivity index (χ0) is 11.3. The fourth-order valence-electron chi connectivity index (χ4n) is 1.12. The average Bonchev–Trinajstić information content (AvgIpc) is 2.26. The first-order valence-electron chi connectivity index (χ1n) is 5.10. The molecule has 0 saturated carbocycles. The van der Waals surface area contributed by atoms with Gasteiger partial charge in [-0.2, -0.15) is 0 Å². The molecule has 0 saturated heterocycles. The molecular formula is C12H16O2S. The second kappa shape index (κ2) is 5.81. The van der Waals surface area contributed by atoms with Gasteiger partial charge in [-0.15, -0.1) is 11.8 Å². The zero-order valence-corrected chi connectivity index (χ0v) is 9.88. The van der Waals surface area contributed by atoms with Crippen LogP contribution >= 0.6 is 11.8 Å². The lowest BCUT2D eigenvalue weighted by Gasteiger charge is -2.09. The molecule has 2 nitrogen and oxygen atoms in total. The second-order valence-corrected chi connectivity index (χ2v) is 4.69. The van der Waals surface area contributed by atoms with E-state index in [4.69, 9.17) is 5.11 Å². The van der Waals surface area contributed by atoms with E-state index in [1.165, 1.54) is 0 Å². The first-order chi connectivity index (χ1) is 7.15. The molecule has 15 heavy (non-hydrogen) atoms. The molecule has 3 heteroatoms. The van der Waals surface area contributed by atoms with Crippen molar-refractivity contribution in [2.45, 2.75) is 25.2 Å². The predicted octanol–water partition coefficient (Wildman–Crippen LogP) is 3.52. The minimum atomic E-state index is -0.845. The Kier molecular flexibility index (Phi) is 4.69. The van der Waals surface area contributed by atoms with E-state index >= 15 is 0 Å². The van der Waals surface area contributed by atoms with Crippen LogP contribution in [0.5, 0.6) is 0 Å². The van der Waals surface area contributed by atoms with Crippen molar-refractivity contribution >= 4 is 17.7 Å². The number of aromatic carboxylic acids is 1. The number of hydrogen-bond donors (Lipinski definition) is 1. The monoisotopic (exact) mass is 224 g/mol. The van der Waals surface area contributed by atoms with Gasteiger partial charge >= 0.3 is 5.97 Å². The highest BCUT2D eigenvalue weighted by molar-refractivity contribution is 7.99. The fourth-order valence-corrected chi connectivity index (χ4v) is 2.30. The lowest BCUT2D eigenvalue weighted by Crippen LogP contribution is -2.00. The van der Waals surface area contributed by atoms with E-state index in [1.54, 1.807) is 23.9 Å². The van der Waals surface area contributed by atoms with Crippen molar-refractivity contribution in [1.82, 2.24) is 0 Å². The van der Waals surface area contributed by atoms with Crippen LogP contribution in [-0.4, -0.2) is 16.8 Å². The third-order valence-corrected chi connectivity index (χ3v) is 3.74. The van der Waals surface area contributed by atoms with Crippen LogP contribution < -0.4 is 0 Å². The maximum absolute atomic E-state index is 10.9. The molecule has 0 aliphatic rings. The van der Waals surface area contributed by atoms with Crippen molar-refractivity contribution in [3.05, 3.63) is 29.8 Å². The van der Waals surface area contributed by atoms with Gasteiger partial charge in [-0.05, 0) is 18.1 Å². The number of hydrogen-bond acceptors (Lipinski definition) is 2. The Morgan fingerprint density at radius 2 is 2.13 bits per heavy atom. The molecule has 0 aliphatic carbocycles. The van der Waals surface area contributed by atoms with Gasteiger partial charge < -0.3 is 5.11 Å². The summed E-state index contributed by atoms with van der Waals surface area (Å²) in [6, 6.07) is 7.17. The van der Waals surface area contributed by atoms with Gasteiger partial charge in [-0.1, -0.05) is 32.4 Å². The minimum Gasteiger partial charge on any atom is -0.478 e. The Morgan fingerprint density at radius 1 is 1.47 bits per heavy atom. The van der Waals surface area contributed by atoms with Crippen LogP contribution in [0.2, 0.25) is 0 Å². The Morgan fingerprint density at radius 3 is 2.73 bits per heavy atom. The molecule has 0 aromatic heterocycles. The van der Waals surface area contributed by atoms with Gasteiger partial charge in [0.15, 0.2) is 0 Å². The van der Waals surface area contributed by atoms with Crippen molar-refractivity contribution in [2.24, 2.45) is 5.92 Å². The molecule has 1 unspecified atom stereocenters. The molecule has 1 aromatic carbocycles. The second-order valence-electron chi connectivity index (χ2n) is 3.63. The topological polar surface area (TPSA) is 37.3 Å². The maximum atomic E-state index is 10.9. The van der Waals surface area contributed by atoms with Gasteiger partial charge in [0, 0.05) is 10.6 Å². The van der Waals surface area contributed by atoms with Gasteiger partial charge in [-0.3, -0.25) is 0 Å².